The zero-order valence-corrected chi connectivity index (χ0v) is 41.5. The van der Waals surface area contributed by atoms with Crippen molar-refractivity contribution in [3.8, 4) is 0 Å². The van der Waals surface area contributed by atoms with E-state index in [9.17, 15) is 14.4 Å². The van der Waals surface area contributed by atoms with Gasteiger partial charge in [0.2, 0.25) is 0 Å². The van der Waals surface area contributed by atoms with Crippen LogP contribution < -0.4 is 0 Å². The van der Waals surface area contributed by atoms with Crippen molar-refractivity contribution in [1.29, 1.82) is 0 Å². The molecule has 0 aromatic heterocycles. The average molecular weight is 889 g/mol. The Morgan fingerprint density at radius 3 is 1.02 bits per heavy atom. The summed E-state index contributed by atoms with van der Waals surface area (Å²) in [4.78, 5) is 37.9. The number of esters is 3. The highest BCUT2D eigenvalue weighted by molar-refractivity contribution is 5.71. The van der Waals surface area contributed by atoms with Crippen LogP contribution in [0.2, 0.25) is 0 Å². The molecule has 0 saturated heterocycles. The Balaban J connectivity index is 4.38. The molecule has 0 aromatic carbocycles. The minimum absolute atomic E-state index is 0.0911. The Kier molecular flexibility index (Phi) is 49.0. The van der Waals surface area contributed by atoms with E-state index in [2.05, 4.69) is 118 Å². The Morgan fingerprint density at radius 2 is 0.641 bits per heavy atom. The quantitative estimate of drug-likeness (QED) is 0.0262. The van der Waals surface area contributed by atoms with Gasteiger partial charge in [-0.15, -0.1) is 0 Å². The van der Waals surface area contributed by atoms with Gasteiger partial charge in [0.15, 0.2) is 6.10 Å². The number of allylic oxidation sites excluding steroid dienone is 16. The second-order valence-corrected chi connectivity index (χ2v) is 17.1. The smallest absolute Gasteiger partial charge is 0.306 e. The Hall–Kier alpha value is -3.67. The Labute approximate surface area is 394 Å². The second-order valence-electron chi connectivity index (χ2n) is 17.1. The minimum atomic E-state index is -0.793. The summed E-state index contributed by atoms with van der Waals surface area (Å²) < 4.78 is 16.7. The van der Waals surface area contributed by atoms with Crippen LogP contribution in [0.5, 0.6) is 0 Å². The Morgan fingerprint density at radius 1 is 0.328 bits per heavy atom. The van der Waals surface area contributed by atoms with Crippen molar-refractivity contribution in [1.82, 2.24) is 0 Å². The van der Waals surface area contributed by atoms with Gasteiger partial charge in [-0.05, 0) is 96.3 Å². The highest BCUT2D eigenvalue weighted by Crippen LogP contribution is 2.14. The summed E-state index contributed by atoms with van der Waals surface area (Å²) in [6, 6.07) is 0. The van der Waals surface area contributed by atoms with Crippen molar-refractivity contribution < 1.29 is 28.6 Å². The number of carbonyl (C=O) groups excluding carboxylic acids is 3. The van der Waals surface area contributed by atoms with Gasteiger partial charge in [-0.3, -0.25) is 14.4 Å². The summed E-state index contributed by atoms with van der Waals surface area (Å²) in [5.74, 6) is -0.936. The van der Waals surface area contributed by atoms with Crippen molar-refractivity contribution in [2.24, 2.45) is 0 Å². The van der Waals surface area contributed by atoms with Gasteiger partial charge in [-0.2, -0.15) is 0 Å². The van der Waals surface area contributed by atoms with Crippen molar-refractivity contribution in [3.63, 3.8) is 0 Å². The minimum Gasteiger partial charge on any atom is -0.462 e. The first kappa shape index (κ1) is 60.3. The molecule has 364 valence electrons. The monoisotopic (exact) mass is 889 g/mol. The van der Waals surface area contributed by atoms with Crippen LogP contribution in [-0.4, -0.2) is 37.2 Å². The second kappa shape index (κ2) is 52.0. The van der Waals surface area contributed by atoms with Crippen molar-refractivity contribution in [2.75, 3.05) is 13.2 Å². The van der Waals surface area contributed by atoms with Crippen LogP contribution in [0.3, 0.4) is 0 Å². The molecule has 0 spiro atoms. The molecule has 0 heterocycles. The van der Waals surface area contributed by atoms with Crippen LogP contribution in [0.1, 0.15) is 233 Å². The molecular weight excluding hydrogens is 793 g/mol. The molecule has 6 heteroatoms. The Bertz CT molecular complexity index is 1300. The number of unbranched alkanes of at least 4 members (excludes halogenated alkanes) is 19. The van der Waals surface area contributed by atoms with E-state index in [1.54, 1.807) is 0 Å². The SMILES string of the molecule is CC/C=C\C/C=C\C/C=C\C/C=C\C/C=C\C/C=C\CCCCCCC(=O)OCC(COC(=O)CCCCCCCCCCCC)OC(=O)CCCCCCC/C=C\C/C=C\CCC. The maximum atomic E-state index is 12.8. The van der Waals surface area contributed by atoms with Gasteiger partial charge in [0.1, 0.15) is 13.2 Å². The lowest BCUT2D eigenvalue weighted by molar-refractivity contribution is -0.167. The van der Waals surface area contributed by atoms with E-state index in [1.165, 1.54) is 51.4 Å². The summed E-state index contributed by atoms with van der Waals surface area (Å²) >= 11 is 0. The number of ether oxygens (including phenoxy) is 3. The van der Waals surface area contributed by atoms with Crippen LogP contribution in [0, 0.1) is 0 Å². The number of rotatable bonds is 46. The summed E-state index contributed by atoms with van der Waals surface area (Å²) in [7, 11) is 0. The fourth-order valence-electron chi connectivity index (χ4n) is 6.89. The van der Waals surface area contributed by atoms with Gasteiger partial charge in [-0.25, -0.2) is 0 Å². The van der Waals surface area contributed by atoms with Crippen LogP contribution in [-0.2, 0) is 28.6 Å². The molecular formula is C58H96O6. The number of hydrogen-bond donors (Lipinski definition) is 0. The van der Waals surface area contributed by atoms with E-state index in [4.69, 9.17) is 14.2 Å². The third-order valence-electron chi connectivity index (χ3n) is 10.8. The first-order valence-corrected chi connectivity index (χ1v) is 26.2. The standard InChI is InChI=1S/C58H96O6/c1-4-7-10-13-16-19-22-24-25-26-27-28-29-30-31-32-33-35-36-39-42-45-48-51-57(60)63-54-55(53-62-56(59)50-47-44-41-38-21-18-15-12-9-6-3)64-58(61)52-49-46-43-40-37-34-23-20-17-14-11-8-5-2/h7,10-11,14,16,19-20,23-25,27-28,30-31,33,35,55H,4-6,8-9,12-13,15,17-18,21-22,26,29,32,34,36-54H2,1-3H3/b10-7-,14-11-,19-16-,23-20-,25-24-,28-27-,31-30-,35-33-. The van der Waals surface area contributed by atoms with Crippen LogP contribution in [0.4, 0.5) is 0 Å². The van der Waals surface area contributed by atoms with Crippen molar-refractivity contribution >= 4 is 17.9 Å². The summed E-state index contributed by atoms with van der Waals surface area (Å²) in [6.07, 6.45) is 68.2. The molecule has 0 aliphatic heterocycles. The number of hydrogen-bond acceptors (Lipinski definition) is 6. The summed E-state index contributed by atoms with van der Waals surface area (Å²) in [6.45, 7) is 6.40. The summed E-state index contributed by atoms with van der Waals surface area (Å²) in [5.41, 5.74) is 0. The molecule has 0 N–H and O–H groups in total. The first-order chi connectivity index (χ1) is 31.5. The normalized spacial score (nSPS) is 12.9. The molecule has 0 amide bonds. The third-order valence-corrected chi connectivity index (χ3v) is 10.8. The van der Waals surface area contributed by atoms with E-state index < -0.39 is 6.10 Å². The predicted octanol–water partition coefficient (Wildman–Crippen LogP) is 17.4. The molecule has 0 saturated carbocycles. The average Bonchev–Trinajstić information content (AvgIpc) is 3.29. The van der Waals surface area contributed by atoms with Crippen molar-refractivity contribution in [3.05, 3.63) is 97.2 Å². The molecule has 64 heavy (non-hydrogen) atoms. The lowest BCUT2D eigenvalue weighted by Gasteiger charge is -2.18. The van der Waals surface area contributed by atoms with Gasteiger partial charge >= 0.3 is 17.9 Å². The fraction of sp³-hybridized carbons (Fsp3) is 0.672. The van der Waals surface area contributed by atoms with Crippen molar-refractivity contribution in [2.45, 2.75) is 239 Å². The van der Waals surface area contributed by atoms with Gasteiger partial charge in [0.25, 0.3) is 0 Å². The largest absolute Gasteiger partial charge is 0.462 e. The molecule has 0 aliphatic rings. The lowest BCUT2D eigenvalue weighted by Crippen LogP contribution is -2.30. The molecule has 0 rings (SSSR count). The molecule has 0 aliphatic carbocycles. The van der Waals surface area contributed by atoms with E-state index in [0.717, 1.165) is 141 Å². The molecule has 1 atom stereocenters. The fourth-order valence-corrected chi connectivity index (χ4v) is 6.89. The van der Waals surface area contributed by atoms with Gasteiger partial charge < -0.3 is 14.2 Å². The van der Waals surface area contributed by atoms with Gasteiger partial charge in [-0.1, -0.05) is 214 Å². The maximum Gasteiger partial charge on any atom is 0.306 e. The van der Waals surface area contributed by atoms with E-state index in [0.29, 0.717) is 19.3 Å². The topological polar surface area (TPSA) is 78.9 Å². The van der Waals surface area contributed by atoms with Crippen LogP contribution in [0.25, 0.3) is 0 Å². The van der Waals surface area contributed by atoms with E-state index in [-0.39, 0.29) is 31.1 Å². The van der Waals surface area contributed by atoms with Gasteiger partial charge in [0, 0.05) is 19.3 Å². The molecule has 0 bridgehead atoms. The van der Waals surface area contributed by atoms with E-state index >= 15 is 0 Å². The highest BCUT2D eigenvalue weighted by atomic mass is 16.6. The van der Waals surface area contributed by atoms with Gasteiger partial charge in [0.05, 0.1) is 0 Å². The third kappa shape index (κ3) is 49.3. The zero-order chi connectivity index (χ0) is 46.5. The summed E-state index contributed by atoms with van der Waals surface area (Å²) in [5, 5.41) is 0. The molecule has 0 radical (unpaired) electrons. The number of carbonyl (C=O) groups is 3. The maximum absolute atomic E-state index is 12.8. The molecule has 0 fully saturated rings. The zero-order valence-electron chi connectivity index (χ0n) is 41.5. The van der Waals surface area contributed by atoms with E-state index in [1.807, 2.05) is 0 Å². The molecule has 0 aromatic rings. The molecule has 6 nitrogen and oxygen atoms in total. The molecule has 1 unspecified atom stereocenters. The first-order valence-electron chi connectivity index (χ1n) is 26.2. The lowest BCUT2D eigenvalue weighted by atomic mass is 10.1. The van der Waals surface area contributed by atoms with Crippen LogP contribution >= 0.6 is 0 Å². The predicted molar refractivity (Wildman–Crippen MR) is 274 cm³/mol. The highest BCUT2D eigenvalue weighted by Gasteiger charge is 2.19. The van der Waals surface area contributed by atoms with Crippen LogP contribution in [0.15, 0.2) is 97.2 Å².